The second-order valence-corrected chi connectivity index (χ2v) is 7.22. The largest absolute Gasteiger partial charge is 0.126 e. The second kappa shape index (κ2) is 10.8. The number of benzene rings is 1. The van der Waals surface area contributed by atoms with Crippen molar-refractivity contribution < 1.29 is 0 Å². The minimum Gasteiger partial charge on any atom is -0.126 e. The fourth-order valence-corrected chi connectivity index (χ4v) is 3.48. The molecule has 0 bridgehead atoms. The van der Waals surface area contributed by atoms with E-state index in [1.165, 1.54) is 72.1 Å². The predicted molar refractivity (Wildman–Crippen MR) is 92.8 cm³/mol. The number of unbranched alkanes of at least 4 members (excludes halogenated alkanes) is 6. The first-order valence-electron chi connectivity index (χ1n) is 7.50. The van der Waals surface area contributed by atoms with Crippen LogP contribution in [0.25, 0.3) is 0 Å². The maximum absolute atomic E-state index is 3.48. The second-order valence-electron chi connectivity index (χ2n) is 5.26. The lowest BCUT2D eigenvalue weighted by molar-refractivity contribution is 0.606. The average molecular weight is 343 g/mol. The summed E-state index contributed by atoms with van der Waals surface area (Å²) >= 11 is 5.49. The molecule has 0 radical (unpaired) electrons. The van der Waals surface area contributed by atoms with E-state index < -0.39 is 0 Å². The Labute approximate surface area is 131 Å². The first kappa shape index (κ1) is 17.1. The number of alkyl halides is 1. The molecule has 1 aromatic rings. The molecule has 0 aliphatic carbocycles. The number of hydrogen-bond acceptors (Lipinski definition) is 1. The van der Waals surface area contributed by atoms with Crippen molar-refractivity contribution in [2.45, 2.75) is 63.7 Å². The molecule has 0 amide bonds. The van der Waals surface area contributed by atoms with Gasteiger partial charge in [-0.15, -0.1) is 11.8 Å². The molecule has 0 aromatic heterocycles. The van der Waals surface area contributed by atoms with Crippen LogP contribution < -0.4 is 0 Å². The van der Waals surface area contributed by atoms with E-state index in [9.17, 15) is 0 Å². The zero-order valence-corrected chi connectivity index (χ0v) is 14.8. The summed E-state index contributed by atoms with van der Waals surface area (Å²) in [5, 5.41) is 1.17. The first-order chi connectivity index (χ1) is 9.24. The van der Waals surface area contributed by atoms with E-state index in [4.69, 9.17) is 0 Å². The summed E-state index contributed by atoms with van der Waals surface area (Å²) < 4.78 is 0. The summed E-state index contributed by atoms with van der Waals surface area (Å²) in [6.45, 7) is 4.38. The molecule has 108 valence electrons. The number of halogens is 1. The Morgan fingerprint density at radius 3 is 2.11 bits per heavy atom. The van der Waals surface area contributed by atoms with Crippen LogP contribution in [0.5, 0.6) is 0 Å². The van der Waals surface area contributed by atoms with E-state index in [1.54, 1.807) is 0 Å². The molecule has 1 aromatic carbocycles. The molecule has 2 heteroatoms. The van der Waals surface area contributed by atoms with Gasteiger partial charge in [0.05, 0.1) is 0 Å². The molecule has 0 saturated heterocycles. The van der Waals surface area contributed by atoms with Crippen LogP contribution in [-0.2, 0) is 0 Å². The summed E-state index contributed by atoms with van der Waals surface area (Å²) in [7, 11) is 0. The molecule has 0 spiro atoms. The molecule has 0 fully saturated rings. The summed E-state index contributed by atoms with van der Waals surface area (Å²) in [6, 6.07) is 6.81. The Morgan fingerprint density at radius 1 is 0.842 bits per heavy atom. The van der Waals surface area contributed by atoms with Gasteiger partial charge < -0.3 is 0 Å². The van der Waals surface area contributed by atoms with E-state index in [-0.39, 0.29) is 0 Å². The smallest absolute Gasteiger partial charge is 0.00747 e. The van der Waals surface area contributed by atoms with Crippen LogP contribution in [0.3, 0.4) is 0 Å². The Hall–Kier alpha value is 0.0500. The molecular weight excluding hydrogens is 316 g/mol. The van der Waals surface area contributed by atoms with Crippen LogP contribution in [0.1, 0.15) is 56.1 Å². The van der Waals surface area contributed by atoms with Gasteiger partial charge in [-0.05, 0) is 55.7 Å². The fraction of sp³-hybridized carbons (Fsp3) is 0.647. The van der Waals surface area contributed by atoms with Crippen molar-refractivity contribution in [3.8, 4) is 0 Å². The zero-order chi connectivity index (χ0) is 13.9. The highest BCUT2D eigenvalue weighted by atomic mass is 79.9. The molecule has 0 aliphatic heterocycles. The van der Waals surface area contributed by atoms with Crippen LogP contribution in [0, 0.1) is 13.8 Å². The predicted octanol–water partition coefficient (Wildman–Crippen LogP) is 6.52. The van der Waals surface area contributed by atoms with Crippen molar-refractivity contribution in [3.05, 3.63) is 29.3 Å². The van der Waals surface area contributed by atoms with Crippen molar-refractivity contribution in [2.75, 3.05) is 11.1 Å². The molecule has 0 aliphatic rings. The van der Waals surface area contributed by atoms with E-state index in [1.807, 2.05) is 11.8 Å². The average Bonchev–Trinajstić information content (AvgIpc) is 2.41. The normalized spacial score (nSPS) is 10.9. The summed E-state index contributed by atoms with van der Waals surface area (Å²) in [5.74, 6) is 1.27. The van der Waals surface area contributed by atoms with Gasteiger partial charge >= 0.3 is 0 Å². The van der Waals surface area contributed by atoms with Crippen LogP contribution in [0.2, 0.25) is 0 Å². The number of aryl methyl sites for hydroxylation is 2. The zero-order valence-electron chi connectivity index (χ0n) is 12.4. The van der Waals surface area contributed by atoms with Crippen LogP contribution in [0.15, 0.2) is 23.1 Å². The lowest BCUT2D eigenvalue weighted by atomic mass is 10.1. The Balaban J connectivity index is 2.00. The van der Waals surface area contributed by atoms with Crippen LogP contribution >= 0.6 is 27.7 Å². The third kappa shape index (κ3) is 8.04. The summed E-state index contributed by atoms with van der Waals surface area (Å²) in [5.41, 5.74) is 2.81. The summed E-state index contributed by atoms with van der Waals surface area (Å²) in [4.78, 5) is 1.43. The molecule has 0 N–H and O–H groups in total. The number of thioether (sulfide) groups is 1. The van der Waals surface area contributed by atoms with Gasteiger partial charge in [0.25, 0.3) is 0 Å². The minimum atomic E-state index is 1.17. The highest BCUT2D eigenvalue weighted by molar-refractivity contribution is 9.09. The van der Waals surface area contributed by atoms with E-state index in [0.717, 1.165) is 0 Å². The van der Waals surface area contributed by atoms with Crippen molar-refractivity contribution in [2.24, 2.45) is 0 Å². The van der Waals surface area contributed by atoms with Crippen molar-refractivity contribution in [1.29, 1.82) is 0 Å². The van der Waals surface area contributed by atoms with Gasteiger partial charge in [0.2, 0.25) is 0 Å². The van der Waals surface area contributed by atoms with Crippen LogP contribution in [-0.4, -0.2) is 11.1 Å². The van der Waals surface area contributed by atoms with Crippen molar-refractivity contribution in [3.63, 3.8) is 0 Å². The van der Waals surface area contributed by atoms with Gasteiger partial charge in [-0.3, -0.25) is 0 Å². The topological polar surface area (TPSA) is 0 Å². The molecule has 0 nitrogen and oxygen atoms in total. The molecule has 19 heavy (non-hydrogen) atoms. The third-order valence-corrected chi connectivity index (χ3v) is 5.17. The molecular formula is C17H27BrS. The Bertz CT molecular complexity index is 349. The molecule has 1 rings (SSSR count). The SMILES string of the molecule is Cc1ccc(SCCCCCCCCCBr)cc1C. The summed E-state index contributed by atoms with van der Waals surface area (Å²) in [6.07, 6.45) is 9.72. The maximum atomic E-state index is 3.48. The standard InChI is InChI=1S/C17H27BrS/c1-15-10-11-17(14-16(15)2)19-13-9-7-5-3-4-6-8-12-18/h10-11,14H,3-9,12-13H2,1-2H3. The van der Waals surface area contributed by atoms with Gasteiger partial charge in [0, 0.05) is 10.2 Å². The molecule has 0 atom stereocenters. The molecule has 0 heterocycles. The lowest BCUT2D eigenvalue weighted by Crippen LogP contribution is -1.85. The Kier molecular flexibility index (Phi) is 9.71. The van der Waals surface area contributed by atoms with Gasteiger partial charge in [-0.1, -0.05) is 54.1 Å². The minimum absolute atomic E-state index is 1.17. The van der Waals surface area contributed by atoms with Gasteiger partial charge in [-0.25, -0.2) is 0 Å². The highest BCUT2D eigenvalue weighted by Crippen LogP contribution is 2.22. The van der Waals surface area contributed by atoms with Gasteiger partial charge in [-0.2, -0.15) is 0 Å². The maximum Gasteiger partial charge on any atom is 0.00747 e. The monoisotopic (exact) mass is 342 g/mol. The van der Waals surface area contributed by atoms with Gasteiger partial charge in [0.1, 0.15) is 0 Å². The van der Waals surface area contributed by atoms with Crippen molar-refractivity contribution >= 4 is 27.7 Å². The van der Waals surface area contributed by atoms with Gasteiger partial charge in [0.15, 0.2) is 0 Å². The van der Waals surface area contributed by atoms with E-state index in [2.05, 4.69) is 48.0 Å². The number of hydrogen-bond donors (Lipinski definition) is 0. The molecule has 0 unspecified atom stereocenters. The van der Waals surface area contributed by atoms with Crippen molar-refractivity contribution in [1.82, 2.24) is 0 Å². The highest BCUT2D eigenvalue weighted by Gasteiger charge is 1.97. The first-order valence-corrected chi connectivity index (χ1v) is 9.61. The fourth-order valence-electron chi connectivity index (χ4n) is 2.07. The third-order valence-electron chi connectivity index (χ3n) is 3.53. The van der Waals surface area contributed by atoms with E-state index in [0.29, 0.717) is 0 Å². The number of rotatable bonds is 10. The van der Waals surface area contributed by atoms with Crippen LogP contribution in [0.4, 0.5) is 0 Å². The molecule has 0 saturated carbocycles. The quantitative estimate of drug-likeness (QED) is 0.265. The lowest BCUT2D eigenvalue weighted by Gasteiger charge is -2.05. The van der Waals surface area contributed by atoms with E-state index >= 15 is 0 Å². The Morgan fingerprint density at radius 2 is 1.47 bits per heavy atom.